The van der Waals surface area contributed by atoms with Crippen LogP contribution in [0.5, 0.6) is 0 Å². The number of nitrogens with one attached hydrogen (secondary N) is 1. The SMILES string of the molecule is CC(C)c1ccc(-n2cnnc2SCC(=O)Nc2cccc(C#Cc3cccs3)c2)cc1. The Balaban J connectivity index is 1.37. The predicted molar refractivity (Wildman–Crippen MR) is 132 cm³/mol. The van der Waals surface area contributed by atoms with Gasteiger partial charge in [0.2, 0.25) is 5.91 Å². The molecule has 7 heteroatoms. The van der Waals surface area contributed by atoms with Gasteiger partial charge in [-0.2, -0.15) is 0 Å². The molecule has 2 heterocycles. The van der Waals surface area contributed by atoms with Gasteiger partial charge in [0, 0.05) is 16.9 Å². The number of amides is 1. The van der Waals surface area contributed by atoms with E-state index >= 15 is 0 Å². The van der Waals surface area contributed by atoms with Crippen LogP contribution in [-0.2, 0) is 4.79 Å². The van der Waals surface area contributed by atoms with Crippen LogP contribution in [0.25, 0.3) is 5.69 Å². The van der Waals surface area contributed by atoms with E-state index in [1.807, 2.05) is 58.5 Å². The summed E-state index contributed by atoms with van der Waals surface area (Å²) in [6, 6.07) is 19.8. The monoisotopic (exact) mass is 458 g/mol. The highest BCUT2D eigenvalue weighted by molar-refractivity contribution is 7.99. The average Bonchev–Trinajstić information content (AvgIpc) is 3.49. The Morgan fingerprint density at radius 2 is 1.97 bits per heavy atom. The van der Waals surface area contributed by atoms with Crippen LogP contribution in [-0.4, -0.2) is 26.4 Å². The van der Waals surface area contributed by atoms with Gasteiger partial charge in [0.1, 0.15) is 6.33 Å². The minimum atomic E-state index is -0.108. The Hall–Kier alpha value is -3.34. The number of thiophene rings is 1. The Morgan fingerprint density at radius 1 is 1.12 bits per heavy atom. The van der Waals surface area contributed by atoms with Crippen molar-refractivity contribution in [3.63, 3.8) is 0 Å². The zero-order chi connectivity index (χ0) is 22.3. The molecule has 0 unspecified atom stereocenters. The number of nitrogens with zero attached hydrogens (tertiary/aromatic N) is 3. The number of rotatable bonds is 6. The highest BCUT2D eigenvalue weighted by atomic mass is 32.2. The molecule has 0 aliphatic rings. The van der Waals surface area contributed by atoms with E-state index in [4.69, 9.17) is 0 Å². The molecule has 0 spiro atoms. The largest absolute Gasteiger partial charge is 0.325 e. The maximum atomic E-state index is 12.5. The lowest BCUT2D eigenvalue weighted by Gasteiger charge is -2.09. The first-order valence-electron chi connectivity index (χ1n) is 10.2. The minimum absolute atomic E-state index is 0.108. The van der Waals surface area contributed by atoms with E-state index in [1.165, 1.54) is 17.3 Å². The van der Waals surface area contributed by atoms with E-state index in [0.717, 1.165) is 21.8 Å². The molecule has 0 saturated carbocycles. The second-order valence-electron chi connectivity index (χ2n) is 7.37. The Kier molecular flexibility index (Phi) is 7.05. The van der Waals surface area contributed by atoms with E-state index in [2.05, 4.69) is 53.3 Å². The van der Waals surface area contributed by atoms with Gasteiger partial charge in [-0.25, -0.2) is 0 Å². The van der Waals surface area contributed by atoms with E-state index < -0.39 is 0 Å². The summed E-state index contributed by atoms with van der Waals surface area (Å²) in [4.78, 5) is 13.5. The van der Waals surface area contributed by atoms with E-state index in [1.54, 1.807) is 17.7 Å². The number of hydrogen-bond acceptors (Lipinski definition) is 5. The van der Waals surface area contributed by atoms with Gasteiger partial charge in [0.05, 0.1) is 10.6 Å². The molecular formula is C25H22N4OS2. The number of hydrogen-bond donors (Lipinski definition) is 1. The highest BCUT2D eigenvalue weighted by Gasteiger charge is 2.11. The van der Waals surface area contributed by atoms with Crippen molar-refractivity contribution < 1.29 is 4.79 Å². The van der Waals surface area contributed by atoms with Crippen LogP contribution >= 0.6 is 23.1 Å². The molecule has 2 aromatic heterocycles. The van der Waals surface area contributed by atoms with Crippen molar-refractivity contribution in [2.45, 2.75) is 24.9 Å². The van der Waals surface area contributed by atoms with E-state index in [0.29, 0.717) is 11.1 Å². The number of thioether (sulfide) groups is 1. The van der Waals surface area contributed by atoms with Gasteiger partial charge in [-0.15, -0.1) is 21.5 Å². The molecule has 4 aromatic rings. The third kappa shape index (κ3) is 5.67. The summed E-state index contributed by atoms with van der Waals surface area (Å²) in [5.41, 5.74) is 3.82. The zero-order valence-electron chi connectivity index (χ0n) is 17.8. The fourth-order valence-electron chi connectivity index (χ4n) is 3.01. The average molecular weight is 459 g/mol. The van der Waals surface area contributed by atoms with Crippen LogP contribution < -0.4 is 5.32 Å². The second-order valence-corrected chi connectivity index (χ2v) is 9.26. The van der Waals surface area contributed by atoms with Crippen LogP contribution in [0.1, 0.15) is 35.8 Å². The molecule has 1 N–H and O–H groups in total. The van der Waals surface area contributed by atoms with Gasteiger partial charge in [0.15, 0.2) is 5.16 Å². The lowest BCUT2D eigenvalue weighted by Crippen LogP contribution is -2.14. The first-order chi connectivity index (χ1) is 15.6. The number of aromatic nitrogens is 3. The van der Waals surface area contributed by atoms with Crippen molar-refractivity contribution in [3.8, 4) is 17.5 Å². The van der Waals surface area contributed by atoms with Crippen molar-refractivity contribution in [2.24, 2.45) is 0 Å². The molecule has 5 nitrogen and oxygen atoms in total. The zero-order valence-corrected chi connectivity index (χ0v) is 19.4. The Labute approximate surface area is 195 Å². The first kappa shape index (κ1) is 21.9. The maximum Gasteiger partial charge on any atom is 0.234 e. The third-order valence-corrected chi connectivity index (χ3v) is 6.41. The minimum Gasteiger partial charge on any atom is -0.325 e. The molecule has 0 radical (unpaired) electrons. The second kappa shape index (κ2) is 10.3. The fourth-order valence-corrected chi connectivity index (χ4v) is 4.30. The summed E-state index contributed by atoms with van der Waals surface area (Å²) in [5, 5.41) is 13.8. The molecule has 0 aliphatic carbocycles. The van der Waals surface area contributed by atoms with Crippen molar-refractivity contribution in [1.29, 1.82) is 0 Å². The molecule has 0 fully saturated rings. The van der Waals surface area contributed by atoms with Crippen molar-refractivity contribution in [2.75, 3.05) is 11.1 Å². The molecular weight excluding hydrogens is 436 g/mol. The Morgan fingerprint density at radius 3 is 2.72 bits per heavy atom. The fraction of sp³-hybridized carbons (Fsp3) is 0.160. The normalized spacial score (nSPS) is 10.6. The van der Waals surface area contributed by atoms with Crippen molar-refractivity contribution in [3.05, 3.63) is 88.4 Å². The van der Waals surface area contributed by atoms with Gasteiger partial charge < -0.3 is 5.32 Å². The molecule has 1 amide bonds. The van der Waals surface area contributed by atoms with Crippen LogP contribution in [0.4, 0.5) is 5.69 Å². The van der Waals surface area contributed by atoms with Gasteiger partial charge in [-0.05, 0) is 53.3 Å². The van der Waals surface area contributed by atoms with Crippen LogP contribution in [0.3, 0.4) is 0 Å². The molecule has 0 aliphatic heterocycles. The number of anilines is 1. The summed E-state index contributed by atoms with van der Waals surface area (Å²) in [5.74, 6) is 6.86. The quantitative estimate of drug-likeness (QED) is 0.303. The van der Waals surface area contributed by atoms with E-state index in [9.17, 15) is 4.79 Å². The van der Waals surface area contributed by atoms with E-state index in [-0.39, 0.29) is 11.7 Å². The standard InChI is InChI=1S/C25H22N4OS2/c1-18(2)20-9-11-22(12-10-20)29-17-26-28-25(29)32-16-24(30)27-21-6-3-5-19(15-21)8-13-23-7-4-14-31-23/h3-7,9-12,14-15,17-18H,16H2,1-2H3,(H,27,30). The first-order valence-corrected chi connectivity index (χ1v) is 12.0. The summed E-state index contributed by atoms with van der Waals surface area (Å²) in [6.45, 7) is 4.33. The van der Waals surface area contributed by atoms with Gasteiger partial charge in [-0.3, -0.25) is 9.36 Å². The van der Waals surface area contributed by atoms with Crippen molar-refractivity contribution >= 4 is 34.7 Å². The van der Waals surface area contributed by atoms with Gasteiger partial charge >= 0.3 is 0 Å². The van der Waals surface area contributed by atoms with Crippen LogP contribution in [0.15, 0.2) is 77.5 Å². The van der Waals surface area contributed by atoms with Gasteiger partial charge in [-0.1, -0.05) is 61.7 Å². The molecule has 0 atom stereocenters. The smallest absolute Gasteiger partial charge is 0.234 e. The van der Waals surface area contributed by atoms with Gasteiger partial charge in [0.25, 0.3) is 0 Å². The number of carbonyl (C=O) groups excluding carboxylic acids is 1. The number of benzene rings is 2. The molecule has 2 aromatic carbocycles. The number of carbonyl (C=O) groups is 1. The highest BCUT2D eigenvalue weighted by Crippen LogP contribution is 2.22. The molecule has 0 saturated heterocycles. The molecule has 160 valence electrons. The Bertz CT molecular complexity index is 1250. The molecule has 0 bridgehead atoms. The summed E-state index contributed by atoms with van der Waals surface area (Å²) < 4.78 is 1.89. The topological polar surface area (TPSA) is 59.8 Å². The summed E-state index contributed by atoms with van der Waals surface area (Å²) >= 11 is 2.95. The lowest BCUT2D eigenvalue weighted by molar-refractivity contribution is -0.113. The van der Waals surface area contributed by atoms with Crippen LogP contribution in [0.2, 0.25) is 0 Å². The predicted octanol–water partition coefficient (Wildman–Crippen LogP) is 5.58. The molecule has 4 rings (SSSR count). The summed E-state index contributed by atoms with van der Waals surface area (Å²) in [6.07, 6.45) is 1.67. The summed E-state index contributed by atoms with van der Waals surface area (Å²) in [7, 11) is 0. The maximum absolute atomic E-state index is 12.5. The lowest BCUT2D eigenvalue weighted by atomic mass is 10.0. The molecule has 32 heavy (non-hydrogen) atoms. The van der Waals surface area contributed by atoms with Crippen LogP contribution in [0, 0.1) is 11.8 Å². The third-order valence-electron chi connectivity index (χ3n) is 4.68. The van der Waals surface area contributed by atoms with Crippen molar-refractivity contribution in [1.82, 2.24) is 14.8 Å².